The Balaban J connectivity index is 1.55. The topological polar surface area (TPSA) is 51.9 Å². The van der Waals surface area contributed by atoms with E-state index in [-0.39, 0.29) is 12.5 Å². The molecule has 7 heteroatoms. The number of nitrogens with zero attached hydrogens (tertiary/aromatic N) is 1. The molecule has 4 aromatic rings. The predicted molar refractivity (Wildman–Crippen MR) is 133 cm³/mol. The molecule has 34 heavy (non-hydrogen) atoms. The molecule has 1 amide bonds. The Morgan fingerprint density at radius 3 is 2.41 bits per heavy atom. The molecule has 0 aliphatic heterocycles. The van der Waals surface area contributed by atoms with Crippen LogP contribution in [0.1, 0.15) is 27.2 Å². The third kappa shape index (κ3) is 5.93. The lowest BCUT2D eigenvalue weighted by molar-refractivity contribution is 0.0717. The number of amides is 1. The molecule has 0 radical (unpaired) electrons. The Morgan fingerprint density at radius 1 is 0.882 bits per heavy atom. The quantitative estimate of drug-likeness (QED) is 0.250. The number of carbonyl (C=O) groups is 1. The van der Waals surface area contributed by atoms with Crippen molar-refractivity contribution < 1.29 is 18.7 Å². The lowest BCUT2D eigenvalue weighted by Crippen LogP contribution is -2.30. The molecule has 3 aromatic carbocycles. The molecule has 0 saturated heterocycles. The lowest BCUT2D eigenvalue weighted by Gasteiger charge is -2.23. The Kier molecular flexibility index (Phi) is 7.78. The van der Waals surface area contributed by atoms with Crippen LogP contribution in [-0.4, -0.2) is 17.9 Å². The van der Waals surface area contributed by atoms with Crippen LogP contribution in [-0.2, 0) is 19.7 Å². The molecule has 174 valence electrons. The highest BCUT2D eigenvalue weighted by Crippen LogP contribution is 2.30. The van der Waals surface area contributed by atoms with E-state index < -0.39 is 0 Å². The zero-order valence-electron chi connectivity index (χ0n) is 18.5. The molecule has 0 spiro atoms. The molecule has 1 heterocycles. The second-order valence-corrected chi connectivity index (χ2v) is 8.47. The molecule has 0 fully saturated rings. The Hall–Kier alpha value is -3.41. The van der Waals surface area contributed by atoms with Gasteiger partial charge < -0.3 is 18.8 Å². The van der Waals surface area contributed by atoms with E-state index in [0.717, 1.165) is 11.1 Å². The summed E-state index contributed by atoms with van der Waals surface area (Å²) in [6.45, 7) is 1.02. The first kappa shape index (κ1) is 23.7. The van der Waals surface area contributed by atoms with E-state index in [0.29, 0.717) is 46.0 Å². The number of carbonyl (C=O) groups excluding carboxylic acids is 1. The molecular weight excluding hydrogens is 473 g/mol. The third-order valence-corrected chi connectivity index (χ3v) is 5.76. The van der Waals surface area contributed by atoms with Crippen LogP contribution in [0.25, 0.3) is 0 Å². The summed E-state index contributed by atoms with van der Waals surface area (Å²) in [6.07, 6.45) is 1.58. The van der Waals surface area contributed by atoms with Gasteiger partial charge in [-0.15, -0.1) is 0 Å². The monoisotopic (exact) mass is 495 g/mol. The summed E-state index contributed by atoms with van der Waals surface area (Å²) in [5.74, 6) is 1.64. The molecule has 0 aliphatic rings. The number of methoxy groups -OCH3 is 1. The molecule has 4 rings (SSSR count). The van der Waals surface area contributed by atoms with Crippen molar-refractivity contribution in [3.05, 3.63) is 118 Å². The van der Waals surface area contributed by atoms with Crippen molar-refractivity contribution in [2.45, 2.75) is 19.7 Å². The summed E-state index contributed by atoms with van der Waals surface area (Å²) in [4.78, 5) is 15.0. The van der Waals surface area contributed by atoms with E-state index >= 15 is 0 Å². The van der Waals surface area contributed by atoms with E-state index in [1.54, 1.807) is 42.5 Å². The summed E-state index contributed by atoms with van der Waals surface area (Å²) >= 11 is 12.3. The van der Waals surface area contributed by atoms with Gasteiger partial charge in [-0.3, -0.25) is 4.79 Å². The van der Waals surface area contributed by atoms with Crippen LogP contribution < -0.4 is 9.47 Å². The Bertz CT molecular complexity index is 1240. The van der Waals surface area contributed by atoms with Crippen molar-refractivity contribution in [3.63, 3.8) is 0 Å². The lowest BCUT2D eigenvalue weighted by atomic mass is 10.1. The van der Waals surface area contributed by atoms with E-state index in [4.69, 9.17) is 37.1 Å². The van der Waals surface area contributed by atoms with Crippen molar-refractivity contribution >= 4 is 29.1 Å². The minimum atomic E-state index is -0.235. The highest BCUT2D eigenvalue weighted by molar-refractivity contribution is 6.36. The number of ether oxygens (including phenoxy) is 2. The number of hydrogen-bond acceptors (Lipinski definition) is 4. The van der Waals surface area contributed by atoms with Crippen LogP contribution in [0.2, 0.25) is 10.0 Å². The largest absolute Gasteiger partial charge is 0.493 e. The van der Waals surface area contributed by atoms with Crippen LogP contribution in [0.3, 0.4) is 0 Å². The molecule has 0 atom stereocenters. The van der Waals surface area contributed by atoms with Crippen molar-refractivity contribution in [2.24, 2.45) is 0 Å². The van der Waals surface area contributed by atoms with E-state index in [1.807, 2.05) is 54.6 Å². The van der Waals surface area contributed by atoms with Crippen LogP contribution in [0.4, 0.5) is 0 Å². The molecule has 0 aliphatic carbocycles. The molecule has 1 aromatic heterocycles. The highest BCUT2D eigenvalue weighted by Gasteiger charge is 2.21. The maximum atomic E-state index is 13.4. The van der Waals surface area contributed by atoms with Crippen molar-refractivity contribution in [1.29, 1.82) is 0 Å². The zero-order valence-corrected chi connectivity index (χ0v) is 20.1. The van der Waals surface area contributed by atoms with Gasteiger partial charge in [0.1, 0.15) is 12.4 Å². The van der Waals surface area contributed by atoms with Gasteiger partial charge in [-0.1, -0.05) is 59.6 Å². The van der Waals surface area contributed by atoms with E-state index in [1.165, 1.54) is 0 Å². The number of furan rings is 1. The first-order valence-corrected chi connectivity index (χ1v) is 11.4. The van der Waals surface area contributed by atoms with Gasteiger partial charge in [-0.25, -0.2) is 0 Å². The van der Waals surface area contributed by atoms with Crippen LogP contribution in [0.5, 0.6) is 11.5 Å². The van der Waals surface area contributed by atoms with Crippen molar-refractivity contribution in [1.82, 2.24) is 4.90 Å². The summed E-state index contributed by atoms with van der Waals surface area (Å²) < 4.78 is 17.0. The first-order valence-electron chi connectivity index (χ1n) is 10.6. The summed E-state index contributed by atoms with van der Waals surface area (Å²) in [5.41, 5.74) is 2.30. The normalized spacial score (nSPS) is 10.7. The van der Waals surface area contributed by atoms with Crippen molar-refractivity contribution in [2.75, 3.05) is 7.11 Å². The van der Waals surface area contributed by atoms with Crippen LogP contribution in [0, 0.1) is 0 Å². The van der Waals surface area contributed by atoms with Gasteiger partial charge >= 0.3 is 0 Å². The molecule has 0 saturated carbocycles. The fourth-order valence-corrected chi connectivity index (χ4v) is 4.00. The van der Waals surface area contributed by atoms with Crippen molar-refractivity contribution in [3.8, 4) is 11.5 Å². The zero-order chi connectivity index (χ0) is 23.9. The van der Waals surface area contributed by atoms with Gasteiger partial charge in [-0.05, 0) is 53.6 Å². The van der Waals surface area contributed by atoms with Gasteiger partial charge in [0.25, 0.3) is 5.91 Å². The molecule has 5 nitrogen and oxygen atoms in total. The van der Waals surface area contributed by atoms with Crippen LogP contribution >= 0.6 is 23.2 Å². The van der Waals surface area contributed by atoms with Gasteiger partial charge in [-0.2, -0.15) is 0 Å². The standard InChI is InChI=1S/C27H23Cl2NO4/c1-32-26-14-20(9-12-25(26)34-18-19-6-3-2-4-7-19)16-30(17-22-8-5-13-33-22)27(31)23-11-10-21(28)15-24(23)29/h2-15H,16-18H2,1H3. The number of hydrogen-bond donors (Lipinski definition) is 0. The third-order valence-electron chi connectivity index (χ3n) is 5.21. The van der Waals surface area contributed by atoms with Gasteiger partial charge in [0.2, 0.25) is 0 Å². The molecule has 0 unspecified atom stereocenters. The molecular formula is C27H23Cl2NO4. The fourth-order valence-electron chi connectivity index (χ4n) is 3.51. The van der Waals surface area contributed by atoms with Gasteiger partial charge in [0.15, 0.2) is 11.5 Å². The maximum Gasteiger partial charge on any atom is 0.256 e. The molecule has 0 bridgehead atoms. The predicted octanol–water partition coefficient (Wildman–Crippen LogP) is 7.02. The first-order chi connectivity index (χ1) is 16.5. The minimum Gasteiger partial charge on any atom is -0.493 e. The summed E-state index contributed by atoms with van der Waals surface area (Å²) in [5, 5.41) is 0.763. The SMILES string of the molecule is COc1cc(CN(Cc2ccco2)C(=O)c2ccc(Cl)cc2Cl)ccc1OCc1ccccc1. The molecule has 0 N–H and O–H groups in total. The summed E-state index contributed by atoms with van der Waals surface area (Å²) in [6, 6.07) is 24.0. The summed E-state index contributed by atoms with van der Waals surface area (Å²) in [7, 11) is 1.59. The van der Waals surface area contributed by atoms with Gasteiger partial charge in [0, 0.05) is 11.6 Å². The Morgan fingerprint density at radius 2 is 1.71 bits per heavy atom. The average molecular weight is 496 g/mol. The number of halogens is 2. The Labute approximate surface area is 208 Å². The smallest absolute Gasteiger partial charge is 0.256 e. The second-order valence-electron chi connectivity index (χ2n) is 7.62. The highest BCUT2D eigenvalue weighted by atomic mass is 35.5. The number of benzene rings is 3. The van der Waals surface area contributed by atoms with Gasteiger partial charge in [0.05, 0.1) is 30.5 Å². The van der Waals surface area contributed by atoms with Crippen LogP contribution in [0.15, 0.2) is 89.5 Å². The minimum absolute atomic E-state index is 0.235. The fraction of sp³-hybridized carbons (Fsp3) is 0.148. The van der Waals surface area contributed by atoms with E-state index in [2.05, 4.69) is 0 Å². The van der Waals surface area contributed by atoms with E-state index in [9.17, 15) is 4.79 Å². The average Bonchev–Trinajstić information content (AvgIpc) is 3.36. The number of rotatable bonds is 9. The maximum absolute atomic E-state index is 13.4. The second kappa shape index (κ2) is 11.1.